The standard InChI is InChI=1S/C9H8F2N2O/c10-5-3-6(11)9-7(4-5)13-8(14)1-2-12-9/h3-4,12H,1-2H2,(H,13,14). The van der Waals surface area contributed by atoms with Crippen LogP contribution < -0.4 is 10.6 Å². The van der Waals surface area contributed by atoms with Crippen molar-refractivity contribution in [3.05, 3.63) is 23.8 Å². The van der Waals surface area contributed by atoms with Crippen molar-refractivity contribution in [2.75, 3.05) is 17.2 Å². The smallest absolute Gasteiger partial charge is 0.226 e. The SMILES string of the molecule is O=C1CCNc2c(F)cc(F)cc2N1. The molecule has 0 fully saturated rings. The van der Waals surface area contributed by atoms with Gasteiger partial charge < -0.3 is 10.6 Å². The van der Waals surface area contributed by atoms with Crippen molar-refractivity contribution in [2.45, 2.75) is 6.42 Å². The van der Waals surface area contributed by atoms with Crippen LogP contribution >= 0.6 is 0 Å². The minimum absolute atomic E-state index is 0.150. The van der Waals surface area contributed by atoms with Crippen molar-refractivity contribution in [3.8, 4) is 0 Å². The first kappa shape index (κ1) is 8.93. The van der Waals surface area contributed by atoms with Gasteiger partial charge in [-0.05, 0) is 6.07 Å². The summed E-state index contributed by atoms with van der Waals surface area (Å²) in [4.78, 5) is 11.1. The molecule has 1 aliphatic heterocycles. The number of fused-ring (bicyclic) bond motifs is 1. The molecule has 0 bridgehead atoms. The Balaban J connectivity index is 2.50. The van der Waals surface area contributed by atoms with Crippen LogP contribution in [-0.2, 0) is 4.79 Å². The molecule has 5 heteroatoms. The van der Waals surface area contributed by atoms with E-state index in [-0.39, 0.29) is 23.7 Å². The molecule has 0 radical (unpaired) electrons. The Labute approximate surface area is 79.1 Å². The van der Waals surface area contributed by atoms with E-state index in [4.69, 9.17) is 0 Å². The van der Waals surface area contributed by atoms with E-state index in [1.807, 2.05) is 0 Å². The molecule has 1 aromatic carbocycles. The van der Waals surface area contributed by atoms with Crippen molar-refractivity contribution in [1.82, 2.24) is 0 Å². The van der Waals surface area contributed by atoms with Gasteiger partial charge in [-0.2, -0.15) is 0 Å². The number of hydrogen-bond donors (Lipinski definition) is 2. The second kappa shape index (κ2) is 3.25. The third-order valence-corrected chi connectivity index (χ3v) is 1.98. The molecule has 0 spiro atoms. The van der Waals surface area contributed by atoms with Crippen molar-refractivity contribution < 1.29 is 13.6 Å². The van der Waals surface area contributed by atoms with Gasteiger partial charge in [-0.1, -0.05) is 0 Å². The summed E-state index contributed by atoms with van der Waals surface area (Å²) in [5.41, 5.74) is 0.308. The highest BCUT2D eigenvalue weighted by atomic mass is 19.1. The number of carbonyl (C=O) groups is 1. The van der Waals surface area contributed by atoms with Gasteiger partial charge in [0.2, 0.25) is 5.91 Å². The molecule has 0 saturated heterocycles. The van der Waals surface area contributed by atoms with Crippen molar-refractivity contribution in [1.29, 1.82) is 0 Å². The van der Waals surface area contributed by atoms with Gasteiger partial charge in [0, 0.05) is 19.0 Å². The summed E-state index contributed by atoms with van der Waals surface area (Å²) in [6, 6.07) is 1.87. The van der Waals surface area contributed by atoms with Crippen LogP contribution in [0.5, 0.6) is 0 Å². The molecule has 0 atom stereocenters. The fourth-order valence-corrected chi connectivity index (χ4v) is 1.37. The van der Waals surface area contributed by atoms with E-state index in [9.17, 15) is 13.6 Å². The zero-order chi connectivity index (χ0) is 10.1. The Hall–Kier alpha value is -1.65. The maximum Gasteiger partial charge on any atom is 0.226 e. The summed E-state index contributed by atoms with van der Waals surface area (Å²) >= 11 is 0. The van der Waals surface area contributed by atoms with Gasteiger partial charge in [-0.3, -0.25) is 4.79 Å². The monoisotopic (exact) mass is 198 g/mol. The maximum atomic E-state index is 13.2. The number of nitrogens with one attached hydrogen (secondary N) is 2. The highest BCUT2D eigenvalue weighted by Crippen LogP contribution is 2.28. The van der Waals surface area contributed by atoms with E-state index >= 15 is 0 Å². The quantitative estimate of drug-likeness (QED) is 0.666. The molecule has 3 nitrogen and oxygen atoms in total. The van der Waals surface area contributed by atoms with E-state index in [1.165, 1.54) is 0 Å². The lowest BCUT2D eigenvalue weighted by Crippen LogP contribution is -2.10. The van der Waals surface area contributed by atoms with Crippen LogP contribution in [0, 0.1) is 11.6 Å². The predicted molar refractivity (Wildman–Crippen MR) is 48.1 cm³/mol. The number of rotatable bonds is 0. The van der Waals surface area contributed by atoms with Gasteiger partial charge in [-0.15, -0.1) is 0 Å². The largest absolute Gasteiger partial charge is 0.380 e. The molecule has 0 saturated carbocycles. The molecular formula is C9H8F2N2O. The third-order valence-electron chi connectivity index (χ3n) is 1.98. The lowest BCUT2D eigenvalue weighted by molar-refractivity contribution is -0.115. The van der Waals surface area contributed by atoms with Crippen LogP contribution in [0.15, 0.2) is 12.1 Å². The van der Waals surface area contributed by atoms with Gasteiger partial charge in [0.15, 0.2) is 5.82 Å². The van der Waals surface area contributed by atoms with Crippen molar-refractivity contribution in [3.63, 3.8) is 0 Å². The molecule has 2 rings (SSSR count). The van der Waals surface area contributed by atoms with Gasteiger partial charge in [0.1, 0.15) is 5.82 Å². The fourth-order valence-electron chi connectivity index (χ4n) is 1.37. The summed E-state index contributed by atoms with van der Waals surface area (Å²) in [6.07, 6.45) is 0.246. The number of halogens is 2. The third kappa shape index (κ3) is 1.53. The van der Waals surface area contributed by atoms with Gasteiger partial charge in [0.25, 0.3) is 0 Å². The average molecular weight is 198 g/mol. The Morgan fingerprint density at radius 2 is 2.07 bits per heavy atom. The molecule has 0 aromatic heterocycles. The zero-order valence-corrected chi connectivity index (χ0v) is 7.23. The molecular weight excluding hydrogens is 190 g/mol. The number of carbonyl (C=O) groups excluding carboxylic acids is 1. The molecule has 2 N–H and O–H groups in total. The van der Waals surface area contributed by atoms with E-state index in [1.54, 1.807) is 0 Å². The Morgan fingerprint density at radius 3 is 2.86 bits per heavy atom. The fraction of sp³-hybridized carbons (Fsp3) is 0.222. The lowest BCUT2D eigenvalue weighted by atomic mass is 10.2. The molecule has 74 valence electrons. The summed E-state index contributed by atoms with van der Waals surface area (Å²) in [5, 5.41) is 5.15. The average Bonchev–Trinajstić information content (AvgIpc) is 2.25. The van der Waals surface area contributed by atoms with Gasteiger partial charge in [-0.25, -0.2) is 8.78 Å². The molecule has 1 heterocycles. The van der Waals surface area contributed by atoms with E-state index in [2.05, 4.69) is 10.6 Å². The summed E-state index contributed by atoms with van der Waals surface area (Å²) in [6.45, 7) is 0.349. The van der Waals surface area contributed by atoms with Crippen molar-refractivity contribution >= 4 is 17.3 Å². The van der Waals surface area contributed by atoms with Crippen LogP contribution in [0.1, 0.15) is 6.42 Å². The van der Waals surface area contributed by atoms with Crippen LogP contribution in [0.25, 0.3) is 0 Å². The Kier molecular flexibility index (Phi) is 2.07. The highest BCUT2D eigenvalue weighted by Gasteiger charge is 2.16. The van der Waals surface area contributed by atoms with E-state index in [0.29, 0.717) is 6.54 Å². The lowest BCUT2D eigenvalue weighted by Gasteiger charge is -2.08. The zero-order valence-electron chi connectivity index (χ0n) is 7.23. The number of amides is 1. The van der Waals surface area contributed by atoms with Crippen molar-refractivity contribution in [2.24, 2.45) is 0 Å². The molecule has 1 aliphatic rings. The summed E-state index contributed by atoms with van der Waals surface area (Å²) in [7, 11) is 0. The van der Waals surface area contributed by atoms with Gasteiger partial charge >= 0.3 is 0 Å². The summed E-state index contributed by atoms with van der Waals surface area (Å²) in [5.74, 6) is -1.64. The Bertz CT molecular complexity index is 393. The Morgan fingerprint density at radius 1 is 1.29 bits per heavy atom. The molecule has 0 unspecified atom stereocenters. The number of hydrogen-bond acceptors (Lipinski definition) is 2. The van der Waals surface area contributed by atoms with Gasteiger partial charge in [0.05, 0.1) is 11.4 Å². The second-order valence-electron chi connectivity index (χ2n) is 3.04. The normalized spacial score (nSPS) is 15.1. The van der Waals surface area contributed by atoms with E-state index < -0.39 is 11.6 Å². The predicted octanol–water partition coefficient (Wildman–Crippen LogP) is 1.72. The van der Waals surface area contributed by atoms with E-state index in [0.717, 1.165) is 12.1 Å². The molecule has 0 aliphatic carbocycles. The van der Waals surface area contributed by atoms with Crippen LogP contribution in [-0.4, -0.2) is 12.5 Å². The summed E-state index contributed by atoms with van der Waals surface area (Å²) < 4.78 is 26.0. The molecule has 1 aromatic rings. The molecule has 1 amide bonds. The topological polar surface area (TPSA) is 41.1 Å². The molecule has 14 heavy (non-hydrogen) atoms. The van der Waals surface area contributed by atoms with Crippen LogP contribution in [0.3, 0.4) is 0 Å². The number of benzene rings is 1. The maximum absolute atomic E-state index is 13.2. The number of anilines is 2. The van der Waals surface area contributed by atoms with Crippen LogP contribution in [0.2, 0.25) is 0 Å². The first-order valence-electron chi connectivity index (χ1n) is 4.19. The highest BCUT2D eigenvalue weighted by molar-refractivity contribution is 5.96. The minimum atomic E-state index is -0.703. The second-order valence-corrected chi connectivity index (χ2v) is 3.04. The first-order valence-corrected chi connectivity index (χ1v) is 4.19. The minimum Gasteiger partial charge on any atom is -0.380 e. The first-order chi connectivity index (χ1) is 6.66. The van der Waals surface area contributed by atoms with Crippen LogP contribution in [0.4, 0.5) is 20.2 Å².